The number of carbonyl (C=O) groups excluding carboxylic acids is 3. The number of fused-ring (bicyclic) bond motifs is 5. The van der Waals surface area contributed by atoms with E-state index < -0.39 is 41.2 Å². The van der Waals surface area contributed by atoms with Gasteiger partial charge in [-0.2, -0.15) is 4.37 Å². The van der Waals surface area contributed by atoms with Gasteiger partial charge in [0.2, 0.25) is 11.8 Å². The first-order valence-electron chi connectivity index (χ1n) is 10.9. The second kappa shape index (κ2) is 7.28. The maximum Gasteiger partial charge on any atom is 0.328 e. The van der Waals surface area contributed by atoms with Gasteiger partial charge in [0.25, 0.3) is 0 Å². The van der Waals surface area contributed by atoms with Gasteiger partial charge < -0.3 is 9.64 Å². The third-order valence-electron chi connectivity index (χ3n) is 6.87. The van der Waals surface area contributed by atoms with Gasteiger partial charge in [0.15, 0.2) is 11.2 Å². The van der Waals surface area contributed by atoms with Crippen LogP contribution < -0.4 is 15.5 Å². The monoisotopic (exact) mass is 481 g/mol. The summed E-state index contributed by atoms with van der Waals surface area (Å²) in [5, 5.41) is 5.05. The first-order chi connectivity index (χ1) is 16.3. The van der Waals surface area contributed by atoms with E-state index in [0.29, 0.717) is 32.7 Å². The fourth-order valence-corrected chi connectivity index (χ4v) is 6.44. The number of aromatic nitrogens is 2. The van der Waals surface area contributed by atoms with Crippen molar-refractivity contribution in [2.45, 2.75) is 38.5 Å². The third kappa shape index (κ3) is 2.77. The number of anilines is 1. The van der Waals surface area contributed by atoms with E-state index in [9.17, 15) is 14.4 Å². The summed E-state index contributed by atoms with van der Waals surface area (Å²) in [5.74, 6) is -1.86. The number of carbonyl (C=O) groups is 3. The zero-order valence-corrected chi connectivity index (χ0v) is 19.1. The molecule has 0 radical (unpaired) electrons. The second-order valence-electron chi connectivity index (χ2n) is 8.96. The molecule has 174 valence electrons. The molecule has 34 heavy (non-hydrogen) atoms. The third-order valence-corrected chi connectivity index (χ3v) is 7.73. The van der Waals surface area contributed by atoms with Crippen molar-refractivity contribution in [3.63, 3.8) is 0 Å². The molecule has 3 aliphatic rings. The number of amides is 4. The van der Waals surface area contributed by atoms with Crippen molar-refractivity contribution in [1.82, 2.24) is 20.0 Å². The topological polar surface area (TPSA) is 114 Å². The van der Waals surface area contributed by atoms with Crippen molar-refractivity contribution >= 4 is 45.2 Å². The standard InChI is InChI=1S/C23H20FN5O4S/c1-10-9-29-17-12(7-13-16(14-5-3-4-6-25-14)28-34-18(13)15(17)24)8-23(19(29)11(2)33-10)20(30)26-22(32)27-21(23)31/h3-7,10-11,19H,8-9H2,1-2H3,(H2,26,27,30,31,32)/t10-,11+,19-/m1/s1. The van der Waals surface area contributed by atoms with Gasteiger partial charge in [-0.15, -0.1) is 0 Å². The molecular formula is C23H20FN5O4S. The van der Waals surface area contributed by atoms with Crippen molar-refractivity contribution in [2.24, 2.45) is 5.41 Å². The molecule has 5 heterocycles. The van der Waals surface area contributed by atoms with Crippen molar-refractivity contribution in [1.29, 1.82) is 0 Å². The first-order valence-corrected chi connectivity index (χ1v) is 11.7. The van der Waals surface area contributed by atoms with Crippen LogP contribution in [0.25, 0.3) is 21.5 Å². The minimum Gasteiger partial charge on any atom is -0.372 e. The summed E-state index contributed by atoms with van der Waals surface area (Å²) in [4.78, 5) is 44.5. The molecular weight excluding hydrogens is 461 g/mol. The Morgan fingerprint density at radius 2 is 1.97 bits per heavy atom. The van der Waals surface area contributed by atoms with Crippen LogP contribution >= 0.6 is 11.5 Å². The summed E-state index contributed by atoms with van der Waals surface area (Å²) in [6.45, 7) is 3.91. The van der Waals surface area contributed by atoms with Crippen LogP contribution in [-0.4, -0.2) is 52.0 Å². The molecule has 9 nitrogen and oxygen atoms in total. The molecule has 1 spiro atoms. The predicted molar refractivity (Wildman–Crippen MR) is 122 cm³/mol. The molecule has 11 heteroatoms. The molecule has 2 N–H and O–H groups in total. The SMILES string of the molecule is C[C@@H]1CN2c3c(cc4c(-c5ccccn5)nsc4c3F)CC3(C(=O)NC(=O)NC3=O)[C@H]2[C@H](C)O1. The van der Waals surface area contributed by atoms with Gasteiger partial charge in [-0.25, -0.2) is 9.18 Å². The first kappa shape index (κ1) is 21.1. The Bertz CT molecular complexity index is 1360. The van der Waals surface area contributed by atoms with E-state index in [0.717, 1.165) is 11.5 Å². The van der Waals surface area contributed by atoms with Gasteiger partial charge in [0.1, 0.15) is 5.69 Å². The minimum absolute atomic E-state index is 0.0824. The van der Waals surface area contributed by atoms with E-state index in [-0.39, 0.29) is 19.1 Å². The number of hydrogen-bond acceptors (Lipinski definition) is 8. The number of barbiturate groups is 1. The predicted octanol–water partition coefficient (Wildman–Crippen LogP) is 2.39. The smallest absolute Gasteiger partial charge is 0.328 e. The molecule has 0 aliphatic carbocycles. The highest BCUT2D eigenvalue weighted by molar-refractivity contribution is 7.13. The molecule has 3 aliphatic heterocycles. The number of ether oxygens (including phenoxy) is 1. The molecule has 2 aromatic heterocycles. The summed E-state index contributed by atoms with van der Waals surface area (Å²) < 4.78 is 27.0. The Kier molecular flexibility index (Phi) is 4.52. The van der Waals surface area contributed by atoms with E-state index in [1.54, 1.807) is 36.2 Å². The molecule has 2 fully saturated rings. The van der Waals surface area contributed by atoms with Crippen molar-refractivity contribution in [2.75, 3.05) is 11.4 Å². The Morgan fingerprint density at radius 1 is 1.21 bits per heavy atom. The maximum atomic E-state index is 16.1. The summed E-state index contributed by atoms with van der Waals surface area (Å²) in [6.07, 6.45) is 0.730. The Balaban J connectivity index is 1.61. The van der Waals surface area contributed by atoms with Gasteiger partial charge in [-0.3, -0.25) is 25.2 Å². The highest BCUT2D eigenvalue weighted by Gasteiger charge is 2.63. The number of nitrogens with one attached hydrogen (secondary N) is 2. The number of imide groups is 2. The Hall–Kier alpha value is -3.44. The lowest BCUT2D eigenvalue weighted by molar-refractivity contribution is -0.153. The van der Waals surface area contributed by atoms with Gasteiger partial charge >= 0.3 is 6.03 Å². The lowest BCUT2D eigenvalue weighted by Gasteiger charge is -2.55. The van der Waals surface area contributed by atoms with Crippen molar-refractivity contribution in [3.05, 3.63) is 41.8 Å². The van der Waals surface area contributed by atoms with E-state index in [1.165, 1.54) is 0 Å². The highest BCUT2D eigenvalue weighted by Crippen LogP contribution is 2.50. The van der Waals surface area contributed by atoms with Crippen LogP contribution in [-0.2, 0) is 20.7 Å². The number of halogens is 1. The summed E-state index contributed by atoms with van der Waals surface area (Å²) in [5.41, 5.74) is 0.326. The molecule has 1 aromatic carbocycles. The largest absolute Gasteiger partial charge is 0.372 e. The van der Waals surface area contributed by atoms with Gasteiger partial charge in [0.05, 0.1) is 34.3 Å². The number of hydrogen-bond donors (Lipinski definition) is 2. The Morgan fingerprint density at radius 3 is 2.68 bits per heavy atom. The van der Waals surface area contributed by atoms with E-state index >= 15 is 4.39 Å². The van der Waals surface area contributed by atoms with Crippen LogP contribution in [0.1, 0.15) is 19.4 Å². The molecule has 6 rings (SSSR count). The van der Waals surface area contributed by atoms with Gasteiger partial charge in [-0.05, 0) is 49.1 Å². The molecule has 0 bridgehead atoms. The molecule has 3 atom stereocenters. The highest BCUT2D eigenvalue weighted by atomic mass is 32.1. The summed E-state index contributed by atoms with van der Waals surface area (Å²) in [6, 6.07) is 5.54. The quantitative estimate of drug-likeness (QED) is 0.513. The molecule has 0 unspecified atom stereocenters. The average molecular weight is 482 g/mol. The lowest BCUT2D eigenvalue weighted by atomic mass is 9.66. The van der Waals surface area contributed by atoms with E-state index in [2.05, 4.69) is 20.0 Å². The summed E-state index contributed by atoms with van der Waals surface area (Å²) >= 11 is 1.05. The molecule has 3 aromatic rings. The number of pyridine rings is 1. The summed E-state index contributed by atoms with van der Waals surface area (Å²) in [7, 11) is 0. The van der Waals surface area contributed by atoms with E-state index in [4.69, 9.17) is 4.74 Å². The number of benzene rings is 1. The normalized spacial score (nSPS) is 25.7. The Labute approximate surface area is 197 Å². The van der Waals surface area contributed by atoms with Crippen molar-refractivity contribution < 1.29 is 23.5 Å². The average Bonchev–Trinajstić information content (AvgIpc) is 3.21. The van der Waals surface area contributed by atoms with Crippen molar-refractivity contribution in [3.8, 4) is 11.4 Å². The second-order valence-corrected chi connectivity index (χ2v) is 9.73. The van der Waals surface area contributed by atoms with Crippen LogP contribution in [0, 0.1) is 11.2 Å². The zero-order valence-electron chi connectivity index (χ0n) is 18.3. The maximum absolute atomic E-state index is 16.1. The fourth-order valence-electron chi connectivity index (χ4n) is 5.64. The van der Waals surface area contributed by atoms with Crippen LogP contribution in [0.5, 0.6) is 0 Å². The van der Waals surface area contributed by atoms with Crippen LogP contribution in [0.2, 0.25) is 0 Å². The zero-order chi connectivity index (χ0) is 23.8. The number of morpholine rings is 1. The fraction of sp³-hybridized carbons (Fsp3) is 0.348. The van der Waals surface area contributed by atoms with Gasteiger partial charge in [0, 0.05) is 24.5 Å². The van der Waals surface area contributed by atoms with Crippen LogP contribution in [0.4, 0.5) is 14.9 Å². The molecule has 0 saturated carbocycles. The molecule has 2 saturated heterocycles. The lowest BCUT2D eigenvalue weighted by Crippen LogP contribution is -2.75. The van der Waals surface area contributed by atoms with E-state index in [1.807, 2.05) is 13.0 Å². The minimum atomic E-state index is -1.66. The van der Waals surface area contributed by atoms with Crippen LogP contribution in [0.3, 0.4) is 0 Å². The molecule has 4 amide bonds. The van der Waals surface area contributed by atoms with Crippen LogP contribution in [0.15, 0.2) is 30.5 Å². The number of urea groups is 1. The van der Waals surface area contributed by atoms with Gasteiger partial charge in [-0.1, -0.05) is 6.07 Å². The number of rotatable bonds is 1. The number of nitrogens with zero attached hydrogens (tertiary/aromatic N) is 3.